The largest absolute Gasteiger partial charge is 0.477 e. The fourth-order valence-corrected chi connectivity index (χ4v) is 1.88. The van der Waals surface area contributed by atoms with Gasteiger partial charge < -0.3 is 5.11 Å². The number of carbonyl (C=O) groups is 1. The van der Waals surface area contributed by atoms with Gasteiger partial charge in [0.15, 0.2) is 6.54 Å². The van der Waals surface area contributed by atoms with E-state index in [1.807, 2.05) is 67.0 Å². The molecule has 0 saturated carbocycles. The molecule has 0 unspecified atom stereocenters. The van der Waals surface area contributed by atoms with E-state index in [2.05, 4.69) is 0 Å². The Kier molecular flexibility index (Phi) is 3.21. The standard InChI is InChI=1S/C14H13NO2/c16-14(17)12-15(10-6-1-2-7-11-15)13-8-4-3-5-9-13/h1-11H,12H2/p+1. The monoisotopic (exact) mass is 228 g/mol. The Hall–Kier alpha value is -2.13. The van der Waals surface area contributed by atoms with Gasteiger partial charge in [-0.15, -0.1) is 0 Å². The van der Waals surface area contributed by atoms with Crippen molar-refractivity contribution >= 4 is 11.7 Å². The minimum Gasteiger partial charge on any atom is -0.477 e. The van der Waals surface area contributed by atoms with Gasteiger partial charge in [0.1, 0.15) is 18.1 Å². The summed E-state index contributed by atoms with van der Waals surface area (Å²) >= 11 is 0. The van der Waals surface area contributed by atoms with Gasteiger partial charge in [0.25, 0.3) is 0 Å². The molecule has 3 heteroatoms. The molecular weight excluding hydrogens is 214 g/mol. The van der Waals surface area contributed by atoms with Crippen molar-refractivity contribution in [3.63, 3.8) is 0 Å². The third-order valence-corrected chi connectivity index (χ3v) is 2.67. The molecule has 2 rings (SSSR count). The van der Waals surface area contributed by atoms with E-state index in [9.17, 15) is 4.79 Å². The van der Waals surface area contributed by atoms with Crippen molar-refractivity contribution in [2.45, 2.75) is 0 Å². The van der Waals surface area contributed by atoms with Crippen LogP contribution in [0.3, 0.4) is 0 Å². The molecule has 1 aliphatic heterocycles. The summed E-state index contributed by atoms with van der Waals surface area (Å²) in [4.78, 5) is 11.1. The zero-order valence-electron chi connectivity index (χ0n) is 9.36. The number of hydrogen-bond acceptors (Lipinski definition) is 1. The highest BCUT2D eigenvalue weighted by Gasteiger charge is 2.29. The SMILES string of the molecule is O=C(O)C[N+]1(c2ccccc2)C=CC=CC=C1. The van der Waals surface area contributed by atoms with Crippen LogP contribution >= 0.6 is 0 Å². The molecule has 0 bridgehead atoms. The topological polar surface area (TPSA) is 37.3 Å². The first kappa shape index (κ1) is 11.4. The van der Waals surface area contributed by atoms with Crippen LogP contribution in [-0.4, -0.2) is 17.6 Å². The number of carboxylic acid groups (broad SMARTS) is 1. The zero-order valence-corrected chi connectivity index (χ0v) is 9.36. The Balaban J connectivity index is 2.47. The van der Waals surface area contributed by atoms with Gasteiger partial charge in [-0.05, 0) is 24.3 Å². The zero-order chi connectivity index (χ0) is 12.1. The average Bonchev–Trinajstić information content (AvgIpc) is 2.56. The Morgan fingerprint density at radius 2 is 1.59 bits per heavy atom. The molecule has 0 radical (unpaired) electrons. The molecule has 0 atom stereocenters. The third-order valence-electron chi connectivity index (χ3n) is 2.67. The van der Waals surface area contributed by atoms with Crippen molar-refractivity contribution in [2.75, 3.05) is 6.54 Å². The smallest absolute Gasteiger partial charge is 0.360 e. The number of rotatable bonds is 3. The Labute approximate surface area is 100 Å². The summed E-state index contributed by atoms with van der Waals surface area (Å²) in [5.74, 6) is -0.829. The lowest BCUT2D eigenvalue weighted by molar-refractivity contribution is -0.137. The fraction of sp³-hybridized carbons (Fsp3) is 0.0714. The van der Waals surface area contributed by atoms with E-state index in [-0.39, 0.29) is 11.0 Å². The molecule has 1 aromatic carbocycles. The van der Waals surface area contributed by atoms with E-state index in [1.165, 1.54) is 0 Å². The van der Waals surface area contributed by atoms with Crippen LogP contribution in [0.2, 0.25) is 0 Å². The highest BCUT2D eigenvalue weighted by molar-refractivity contribution is 5.73. The highest BCUT2D eigenvalue weighted by atomic mass is 16.4. The van der Waals surface area contributed by atoms with Gasteiger partial charge in [0, 0.05) is 0 Å². The molecule has 0 aliphatic carbocycles. The summed E-state index contributed by atoms with van der Waals surface area (Å²) in [6.45, 7) is -0.00130. The van der Waals surface area contributed by atoms with Gasteiger partial charge in [-0.3, -0.25) is 0 Å². The van der Waals surface area contributed by atoms with E-state index < -0.39 is 5.97 Å². The Morgan fingerprint density at radius 1 is 1.00 bits per heavy atom. The minimum atomic E-state index is -0.829. The second-order valence-corrected chi connectivity index (χ2v) is 3.89. The number of hydrogen-bond donors (Lipinski definition) is 1. The summed E-state index contributed by atoms with van der Waals surface area (Å²) in [7, 11) is 0. The van der Waals surface area contributed by atoms with Crippen molar-refractivity contribution in [2.24, 2.45) is 0 Å². The summed E-state index contributed by atoms with van der Waals surface area (Å²) in [6.07, 6.45) is 11.3. The van der Waals surface area contributed by atoms with Crippen LogP contribution in [0.25, 0.3) is 0 Å². The first-order valence-corrected chi connectivity index (χ1v) is 5.41. The van der Waals surface area contributed by atoms with Gasteiger partial charge >= 0.3 is 5.97 Å². The fourth-order valence-electron chi connectivity index (χ4n) is 1.88. The highest BCUT2D eigenvalue weighted by Crippen LogP contribution is 2.25. The first-order valence-electron chi connectivity index (χ1n) is 5.41. The van der Waals surface area contributed by atoms with Crippen molar-refractivity contribution in [1.29, 1.82) is 0 Å². The normalized spacial score (nSPS) is 16.7. The molecule has 1 heterocycles. The summed E-state index contributed by atoms with van der Waals surface area (Å²) in [5, 5.41) is 9.08. The van der Waals surface area contributed by atoms with Crippen LogP contribution in [0.5, 0.6) is 0 Å². The minimum absolute atomic E-state index is 0.00130. The van der Waals surface area contributed by atoms with Crippen LogP contribution in [-0.2, 0) is 4.79 Å². The predicted molar refractivity (Wildman–Crippen MR) is 68.2 cm³/mol. The third kappa shape index (κ3) is 2.52. The van der Waals surface area contributed by atoms with E-state index in [4.69, 9.17) is 5.11 Å². The summed E-state index contributed by atoms with van der Waals surface area (Å²) < 4.78 is 0.198. The van der Waals surface area contributed by atoms with E-state index in [0.717, 1.165) is 5.69 Å². The van der Waals surface area contributed by atoms with Crippen molar-refractivity contribution < 1.29 is 9.90 Å². The molecule has 0 fully saturated rings. The first-order chi connectivity index (χ1) is 8.23. The molecular formula is C14H14NO2+. The predicted octanol–water partition coefficient (Wildman–Crippen LogP) is 2.68. The lowest BCUT2D eigenvalue weighted by Gasteiger charge is -2.28. The Morgan fingerprint density at radius 3 is 2.12 bits per heavy atom. The number of quaternary nitrogens is 1. The molecule has 0 spiro atoms. The van der Waals surface area contributed by atoms with Gasteiger partial charge in [-0.2, -0.15) is 0 Å². The maximum Gasteiger partial charge on any atom is 0.360 e. The maximum atomic E-state index is 11.1. The molecule has 1 aliphatic rings. The van der Waals surface area contributed by atoms with Crippen LogP contribution in [0.1, 0.15) is 0 Å². The Bertz CT molecular complexity index is 470. The second-order valence-electron chi connectivity index (χ2n) is 3.89. The van der Waals surface area contributed by atoms with Crippen LogP contribution in [0, 0.1) is 0 Å². The summed E-state index contributed by atoms with van der Waals surface area (Å²) in [6, 6.07) is 9.62. The van der Waals surface area contributed by atoms with Crippen LogP contribution < -0.4 is 4.48 Å². The molecule has 1 aromatic rings. The number of para-hydroxylation sites is 1. The molecule has 3 nitrogen and oxygen atoms in total. The number of nitrogens with zero attached hydrogens (tertiary/aromatic N) is 1. The number of benzene rings is 1. The quantitative estimate of drug-likeness (QED) is 0.807. The molecule has 1 N–H and O–H groups in total. The molecule has 17 heavy (non-hydrogen) atoms. The van der Waals surface area contributed by atoms with Crippen molar-refractivity contribution in [3.05, 3.63) is 67.0 Å². The number of aliphatic carboxylic acids is 1. The summed E-state index contributed by atoms with van der Waals surface area (Å²) in [5.41, 5.74) is 0.936. The van der Waals surface area contributed by atoms with Gasteiger partial charge in [0.2, 0.25) is 0 Å². The second kappa shape index (κ2) is 4.80. The maximum absolute atomic E-state index is 11.1. The molecule has 86 valence electrons. The van der Waals surface area contributed by atoms with Crippen LogP contribution in [0.4, 0.5) is 5.69 Å². The van der Waals surface area contributed by atoms with Crippen molar-refractivity contribution in [1.82, 2.24) is 4.48 Å². The van der Waals surface area contributed by atoms with Gasteiger partial charge in [0.05, 0.1) is 0 Å². The number of allylic oxidation sites excluding steroid dienone is 4. The average molecular weight is 228 g/mol. The van der Waals surface area contributed by atoms with Gasteiger partial charge in [-0.1, -0.05) is 30.4 Å². The van der Waals surface area contributed by atoms with Crippen molar-refractivity contribution in [3.8, 4) is 0 Å². The molecule has 0 saturated heterocycles. The lowest BCUT2D eigenvalue weighted by atomic mass is 10.2. The van der Waals surface area contributed by atoms with E-state index in [0.29, 0.717) is 0 Å². The number of carboxylic acids is 1. The molecule has 0 amide bonds. The lowest BCUT2D eigenvalue weighted by Crippen LogP contribution is -2.42. The van der Waals surface area contributed by atoms with E-state index in [1.54, 1.807) is 0 Å². The van der Waals surface area contributed by atoms with Crippen LogP contribution in [0.15, 0.2) is 67.0 Å². The van der Waals surface area contributed by atoms with Gasteiger partial charge in [-0.25, -0.2) is 9.28 Å². The van der Waals surface area contributed by atoms with E-state index >= 15 is 0 Å². The molecule has 0 aromatic heterocycles.